The molecule has 0 aliphatic heterocycles. The number of hydrazine groups is 1. The van der Waals surface area contributed by atoms with Gasteiger partial charge in [-0.1, -0.05) is 38.8 Å². The van der Waals surface area contributed by atoms with Crippen molar-refractivity contribution in [2.45, 2.75) is 52.5 Å². The van der Waals surface area contributed by atoms with E-state index >= 15 is 0 Å². The molecule has 3 N–H and O–H groups in total. The van der Waals surface area contributed by atoms with Crippen LogP contribution < -0.4 is 11.3 Å². The van der Waals surface area contributed by atoms with Gasteiger partial charge in [0.05, 0.1) is 0 Å². The highest BCUT2D eigenvalue weighted by Gasteiger charge is 2.37. The van der Waals surface area contributed by atoms with E-state index in [4.69, 9.17) is 5.84 Å². The van der Waals surface area contributed by atoms with Crippen LogP contribution in [-0.4, -0.2) is 0 Å². The zero-order valence-electron chi connectivity index (χ0n) is 12.2. The SMILES string of the molecule is Cc1cc(C(NN)C2CCCCC2(C)C)ccc1F. The highest BCUT2D eigenvalue weighted by molar-refractivity contribution is 5.27. The van der Waals surface area contributed by atoms with Crippen LogP contribution in [0.1, 0.15) is 56.7 Å². The second kappa shape index (κ2) is 5.59. The molecule has 1 fully saturated rings. The van der Waals surface area contributed by atoms with Gasteiger partial charge in [0, 0.05) is 6.04 Å². The first kappa shape index (κ1) is 14.5. The number of aryl methyl sites for hydroxylation is 1. The molecule has 1 saturated carbocycles. The molecular weight excluding hydrogens is 239 g/mol. The van der Waals surface area contributed by atoms with E-state index < -0.39 is 0 Å². The fraction of sp³-hybridized carbons (Fsp3) is 0.625. The van der Waals surface area contributed by atoms with Gasteiger partial charge in [0.25, 0.3) is 0 Å². The Bertz CT molecular complexity index is 442. The zero-order chi connectivity index (χ0) is 14.0. The monoisotopic (exact) mass is 264 g/mol. The van der Waals surface area contributed by atoms with Crippen LogP contribution in [-0.2, 0) is 0 Å². The van der Waals surface area contributed by atoms with Gasteiger partial charge in [0.1, 0.15) is 5.82 Å². The lowest BCUT2D eigenvalue weighted by Crippen LogP contribution is -2.41. The number of benzene rings is 1. The molecular formula is C16H25FN2. The first-order valence-electron chi connectivity index (χ1n) is 7.18. The summed E-state index contributed by atoms with van der Waals surface area (Å²) in [6.45, 7) is 6.44. The van der Waals surface area contributed by atoms with Gasteiger partial charge in [-0.25, -0.2) is 4.39 Å². The molecule has 19 heavy (non-hydrogen) atoms. The third-order valence-corrected chi connectivity index (χ3v) is 4.71. The van der Waals surface area contributed by atoms with Crippen LogP contribution in [0.2, 0.25) is 0 Å². The van der Waals surface area contributed by atoms with E-state index in [-0.39, 0.29) is 17.3 Å². The molecule has 2 nitrogen and oxygen atoms in total. The fourth-order valence-electron chi connectivity index (χ4n) is 3.44. The average Bonchev–Trinajstić information content (AvgIpc) is 2.36. The van der Waals surface area contributed by atoms with Crippen LogP contribution in [0.15, 0.2) is 18.2 Å². The van der Waals surface area contributed by atoms with Gasteiger partial charge >= 0.3 is 0 Å². The van der Waals surface area contributed by atoms with Gasteiger partial charge in [-0.05, 0) is 48.3 Å². The van der Waals surface area contributed by atoms with Crippen molar-refractivity contribution < 1.29 is 4.39 Å². The molecule has 1 aliphatic rings. The number of hydrogen-bond donors (Lipinski definition) is 2. The molecule has 2 rings (SSSR count). The largest absolute Gasteiger partial charge is 0.271 e. The maximum Gasteiger partial charge on any atom is 0.126 e. The van der Waals surface area contributed by atoms with Gasteiger partial charge in [-0.3, -0.25) is 11.3 Å². The highest BCUT2D eigenvalue weighted by atomic mass is 19.1. The summed E-state index contributed by atoms with van der Waals surface area (Å²) in [5.41, 5.74) is 5.03. The molecule has 0 amide bonds. The van der Waals surface area contributed by atoms with Crippen LogP contribution in [0.3, 0.4) is 0 Å². The summed E-state index contributed by atoms with van der Waals surface area (Å²) in [5, 5.41) is 0. The predicted molar refractivity (Wildman–Crippen MR) is 76.9 cm³/mol. The van der Waals surface area contributed by atoms with Crippen LogP contribution >= 0.6 is 0 Å². The number of hydrogen-bond acceptors (Lipinski definition) is 2. The Morgan fingerprint density at radius 3 is 2.68 bits per heavy atom. The van der Waals surface area contributed by atoms with Gasteiger partial charge in [-0.2, -0.15) is 0 Å². The Balaban J connectivity index is 2.30. The highest BCUT2D eigenvalue weighted by Crippen LogP contribution is 2.46. The summed E-state index contributed by atoms with van der Waals surface area (Å²) in [6, 6.07) is 5.43. The van der Waals surface area contributed by atoms with Gasteiger partial charge in [-0.15, -0.1) is 0 Å². The van der Waals surface area contributed by atoms with E-state index in [1.165, 1.54) is 25.7 Å². The second-order valence-electron chi connectivity index (χ2n) is 6.49. The third-order valence-electron chi connectivity index (χ3n) is 4.71. The Morgan fingerprint density at radius 2 is 2.11 bits per heavy atom. The standard InChI is InChI=1S/C16H25FN2/c1-11-10-12(7-8-14(11)17)15(19-18)13-6-4-5-9-16(13,2)3/h7-8,10,13,15,19H,4-6,9,18H2,1-3H3. The fourth-order valence-corrected chi connectivity index (χ4v) is 3.44. The molecule has 0 spiro atoms. The minimum Gasteiger partial charge on any atom is -0.271 e. The first-order valence-corrected chi connectivity index (χ1v) is 7.18. The van der Waals surface area contributed by atoms with E-state index in [1.54, 1.807) is 13.0 Å². The summed E-state index contributed by atoms with van der Waals surface area (Å²) in [6.07, 6.45) is 4.96. The van der Waals surface area contributed by atoms with Crippen molar-refractivity contribution in [3.8, 4) is 0 Å². The van der Waals surface area contributed by atoms with Crippen LogP contribution in [0.25, 0.3) is 0 Å². The lowest BCUT2D eigenvalue weighted by Gasteiger charge is -2.43. The van der Waals surface area contributed by atoms with E-state index in [1.807, 2.05) is 12.1 Å². The minimum absolute atomic E-state index is 0.106. The average molecular weight is 264 g/mol. The van der Waals surface area contributed by atoms with Crippen molar-refractivity contribution in [2.24, 2.45) is 17.2 Å². The Kier molecular flexibility index (Phi) is 4.26. The molecule has 1 aromatic carbocycles. The van der Waals surface area contributed by atoms with Crippen molar-refractivity contribution in [1.29, 1.82) is 0 Å². The van der Waals surface area contributed by atoms with Crippen molar-refractivity contribution in [2.75, 3.05) is 0 Å². The van der Waals surface area contributed by atoms with Crippen LogP contribution in [0.4, 0.5) is 4.39 Å². The lowest BCUT2D eigenvalue weighted by molar-refractivity contribution is 0.0982. The zero-order valence-corrected chi connectivity index (χ0v) is 12.2. The second-order valence-corrected chi connectivity index (χ2v) is 6.49. The smallest absolute Gasteiger partial charge is 0.126 e. The van der Waals surface area contributed by atoms with E-state index in [2.05, 4.69) is 19.3 Å². The predicted octanol–water partition coefficient (Wildman–Crippen LogP) is 3.85. The molecule has 0 radical (unpaired) electrons. The summed E-state index contributed by atoms with van der Waals surface area (Å²) in [7, 11) is 0. The number of halogens is 1. The van der Waals surface area contributed by atoms with E-state index in [0.29, 0.717) is 11.5 Å². The van der Waals surface area contributed by atoms with E-state index in [0.717, 1.165) is 5.56 Å². The number of nitrogens with two attached hydrogens (primary N) is 1. The summed E-state index contributed by atoms with van der Waals surface area (Å²) >= 11 is 0. The van der Waals surface area contributed by atoms with E-state index in [9.17, 15) is 4.39 Å². The number of rotatable bonds is 3. The van der Waals surface area contributed by atoms with Crippen LogP contribution in [0.5, 0.6) is 0 Å². The summed E-state index contributed by atoms with van der Waals surface area (Å²) in [5.74, 6) is 6.15. The molecule has 1 aromatic rings. The molecule has 106 valence electrons. The van der Waals surface area contributed by atoms with Crippen molar-refractivity contribution in [3.63, 3.8) is 0 Å². The Morgan fingerprint density at radius 1 is 1.37 bits per heavy atom. The van der Waals surface area contributed by atoms with Gasteiger partial charge in [0.2, 0.25) is 0 Å². The summed E-state index contributed by atoms with van der Waals surface area (Å²) in [4.78, 5) is 0. The summed E-state index contributed by atoms with van der Waals surface area (Å²) < 4.78 is 13.4. The maximum atomic E-state index is 13.4. The molecule has 0 aromatic heterocycles. The Labute approximate surface area is 115 Å². The Hall–Kier alpha value is -0.930. The first-order chi connectivity index (χ1) is 8.95. The third kappa shape index (κ3) is 2.98. The molecule has 2 atom stereocenters. The molecule has 2 unspecified atom stereocenters. The van der Waals surface area contributed by atoms with Crippen molar-refractivity contribution in [1.82, 2.24) is 5.43 Å². The quantitative estimate of drug-likeness (QED) is 0.642. The normalized spacial score (nSPS) is 24.2. The van der Waals surface area contributed by atoms with Crippen LogP contribution in [0, 0.1) is 24.1 Å². The number of nitrogens with one attached hydrogen (secondary N) is 1. The minimum atomic E-state index is -0.151. The maximum absolute atomic E-state index is 13.4. The topological polar surface area (TPSA) is 38.0 Å². The molecule has 0 bridgehead atoms. The van der Waals surface area contributed by atoms with Crippen molar-refractivity contribution >= 4 is 0 Å². The van der Waals surface area contributed by atoms with Gasteiger partial charge in [0.15, 0.2) is 0 Å². The molecule has 0 heterocycles. The van der Waals surface area contributed by atoms with Gasteiger partial charge < -0.3 is 0 Å². The lowest BCUT2D eigenvalue weighted by atomic mass is 9.65. The molecule has 1 aliphatic carbocycles. The molecule has 3 heteroatoms. The molecule has 0 saturated heterocycles. The van der Waals surface area contributed by atoms with Crippen molar-refractivity contribution in [3.05, 3.63) is 35.1 Å².